The van der Waals surface area contributed by atoms with Crippen LogP contribution < -0.4 is 0 Å². The smallest absolute Gasteiger partial charge is 0.227 e. The molecule has 0 rings (SSSR count). The van der Waals surface area contributed by atoms with Gasteiger partial charge in [-0.1, -0.05) is 141 Å². The van der Waals surface area contributed by atoms with Crippen molar-refractivity contribution in [3.05, 3.63) is 0 Å². The van der Waals surface area contributed by atoms with E-state index in [2.05, 4.69) is 84.1 Å². The summed E-state index contributed by atoms with van der Waals surface area (Å²) in [6.45, 7) is 33.3. The lowest BCUT2D eigenvalue weighted by molar-refractivity contribution is -0.136. The Labute approximate surface area is 330 Å². The number of nitrogens with zero attached hydrogens (tertiary/aromatic N) is 6. The molecule has 0 spiro atoms. The van der Waals surface area contributed by atoms with Gasteiger partial charge in [0.05, 0.1) is 6.54 Å². The van der Waals surface area contributed by atoms with Crippen LogP contribution in [0.5, 0.6) is 0 Å². The zero-order valence-electron chi connectivity index (χ0n) is 36.3. The van der Waals surface area contributed by atoms with Crippen molar-refractivity contribution in [3.8, 4) is 0 Å². The van der Waals surface area contributed by atoms with Crippen LogP contribution in [0.2, 0.25) is 0 Å². The average Bonchev–Trinajstić information content (AvgIpc) is 2.80. The minimum atomic E-state index is -0.233. The topological polar surface area (TPSA) is 88.9 Å². The van der Waals surface area contributed by atoms with Gasteiger partial charge in [0.15, 0.2) is 5.78 Å². The Bertz CT molecular complexity index is 944. The number of likely N-dealkylation sites (N-methyl/N-ethyl adjacent to an activating group) is 1. The van der Waals surface area contributed by atoms with Crippen LogP contribution in [0.25, 0.3) is 0 Å². The van der Waals surface area contributed by atoms with Gasteiger partial charge in [0.1, 0.15) is 5.84 Å². The van der Waals surface area contributed by atoms with Crippen molar-refractivity contribution in [1.29, 1.82) is 0 Å². The van der Waals surface area contributed by atoms with Gasteiger partial charge in [-0.05, 0) is 31.8 Å². The van der Waals surface area contributed by atoms with Crippen molar-refractivity contribution in [3.63, 3.8) is 0 Å². The van der Waals surface area contributed by atoms with Crippen LogP contribution in [0.15, 0.2) is 9.98 Å². The number of carbonyl (C=O) groups excluding carboxylic acids is 3. The summed E-state index contributed by atoms with van der Waals surface area (Å²) in [5.41, 5.74) is 1.32. The Morgan fingerprint density at radius 1 is 0.481 bits per heavy atom. The largest absolute Gasteiger partial charge is 0.366 e. The van der Waals surface area contributed by atoms with Gasteiger partial charge in [-0.2, -0.15) is 0 Å². The van der Waals surface area contributed by atoms with Crippen LogP contribution in [0.4, 0.5) is 0 Å². The van der Waals surface area contributed by atoms with E-state index < -0.39 is 0 Å². The van der Waals surface area contributed by atoms with Crippen LogP contribution in [-0.2, 0) is 14.4 Å². The molecule has 0 heterocycles. The Morgan fingerprint density at radius 3 is 0.865 bits per heavy atom. The predicted octanol–water partition coefficient (Wildman–Crippen LogP) is 10.7. The molecule has 0 bridgehead atoms. The molecule has 0 aliphatic rings. The first-order valence-corrected chi connectivity index (χ1v) is 16.6. The molecule has 0 aromatic carbocycles. The van der Waals surface area contributed by atoms with Gasteiger partial charge in [-0.15, -0.1) is 0 Å². The molecule has 0 aromatic rings. The van der Waals surface area contributed by atoms with Gasteiger partial charge in [-0.25, -0.2) is 0 Å². The van der Waals surface area contributed by atoms with E-state index in [-0.39, 0.29) is 81.8 Å². The quantitative estimate of drug-likeness (QED) is 0.212. The average molecular weight is 751 g/mol. The van der Waals surface area contributed by atoms with Crippen molar-refractivity contribution in [2.75, 3.05) is 77.0 Å². The van der Waals surface area contributed by atoms with E-state index in [9.17, 15) is 14.4 Å². The van der Waals surface area contributed by atoms with E-state index in [1.165, 1.54) is 5.71 Å². The zero-order chi connectivity index (χ0) is 39.5. The number of Topliss-reactive ketones (excluding diaryl/α,β-unsaturated/α-hetero) is 1. The molecular formula is C43H102N6O3. The second kappa shape index (κ2) is 32.2. The highest BCUT2D eigenvalue weighted by Gasteiger charge is 2.23. The predicted molar refractivity (Wildman–Crippen MR) is 243 cm³/mol. The van der Waals surface area contributed by atoms with Gasteiger partial charge in [0, 0.05) is 84.8 Å². The van der Waals surface area contributed by atoms with Crippen LogP contribution in [-0.4, -0.2) is 126 Å². The molecule has 52 heavy (non-hydrogen) atoms. The van der Waals surface area contributed by atoms with E-state index >= 15 is 0 Å². The number of amides is 2. The number of ketones is 1. The number of carbonyl (C=O) groups is 3. The molecule has 9 heteroatoms. The number of aliphatic imine (C=N–C) groups is 2. The summed E-state index contributed by atoms with van der Waals surface area (Å²) in [4.78, 5) is 48.9. The van der Waals surface area contributed by atoms with Gasteiger partial charge in [0.2, 0.25) is 11.8 Å². The van der Waals surface area contributed by atoms with Gasteiger partial charge >= 0.3 is 0 Å². The number of amidine groups is 1. The highest BCUT2D eigenvalue weighted by Crippen LogP contribution is 2.19. The molecule has 0 aliphatic heterocycles. The fraction of sp³-hybridized carbons (Fsp3) is 0.884. The second-order valence-electron chi connectivity index (χ2n) is 18.1. The normalized spacial score (nSPS) is 11.3. The second-order valence-corrected chi connectivity index (χ2v) is 18.1. The molecule has 9 nitrogen and oxygen atoms in total. The Morgan fingerprint density at radius 2 is 0.827 bits per heavy atom. The third-order valence-electron chi connectivity index (χ3n) is 6.25. The van der Waals surface area contributed by atoms with E-state index in [1.807, 2.05) is 88.7 Å². The van der Waals surface area contributed by atoms with E-state index in [1.54, 1.807) is 38.0 Å². The molecule has 2 amide bonds. The van der Waals surface area contributed by atoms with Crippen molar-refractivity contribution in [1.82, 2.24) is 19.6 Å². The third kappa shape index (κ3) is 47.7. The lowest BCUT2D eigenvalue weighted by Gasteiger charge is -2.27. The van der Waals surface area contributed by atoms with Crippen molar-refractivity contribution >= 4 is 29.1 Å². The fourth-order valence-corrected chi connectivity index (χ4v) is 3.35. The maximum Gasteiger partial charge on any atom is 0.227 e. The lowest BCUT2D eigenvalue weighted by Crippen LogP contribution is -2.33. The molecule has 0 aromatic heterocycles. The molecule has 0 N–H and O–H groups in total. The molecular weight excluding hydrogens is 649 g/mol. The summed E-state index contributed by atoms with van der Waals surface area (Å²) in [6, 6.07) is 0. The highest BCUT2D eigenvalue weighted by molar-refractivity contribution is 5.87. The van der Waals surface area contributed by atoms with Crippen molar-refractivity contribution < 1.29 is 14.4 Å². The molecule has 0 saturated carbocycles. The van der Waals surface area contributed by atoms with E-state index in [4.69, 9.17) is 0 Å². The maximum atomic E-state index is 11.2. The molecule has 0 saturated heterocycles. The van der Waals surface area contributed by atoms with Crippen LogP contribution in [0.3, 0.4) is 0 Å². The first-order chi connectivity index (χ1) is 20.4. The zero-order valence-corrected chi connectivity index (χ0v) is 36.3. The summed E-state index contributed by atoms with van der Waals surface area (Å²) in [5.74, 6) is 1.79. The minimum absolute atomic E-state index is 0. The van der Waals surface area contributed by atoms with Gasteiger partial charge < -0.3 is 19.6 Å². The third-order valence-corrected chi connectivity index (χ3v) is 6.25. The molecule has 0 aliphatic carbocycles. The van der Waals surface area contributed by atoms with E-state index in [0.29, 0.717) is 13.0 Å². The molecule has 322 valence electrons. The van der Waals surface area contributed by atoms with Crippen LogP contribution >= 0.6 is 0 Å². The van der Waals surface area contributed by atoms with Gasteiger partial charge in [0.25, 0.3) is 0 Å². The molecule has 0 radical (unpaired) electrons. The highest BCUT2D eigenvalue weighted by atomic mass is 16.2. The maximum absolute atomic E-state index is 11.2. The molecule has 0 fully saturated rings. The number of hydrogen-bond acceptors (Lipinski definition) is 6. The standard InChI is InChI=1S/C8H18N2.2C8H17NO.C7H15NO.C7H15N.5CH4/c1-8(2,3)7(9-4)10(5)6;1-8(2,3)7(10)6-9(4)5;1-8(2,3)6-7(10)9(4)5;1-7(2,3)6(9)8(4)5;1-6(8-5)7(2,3)4;;;;;/h1-6H3;2*6H2,1-5H3;1-5H3;1-5H3;5*1H4. The van der Waals surface area contributed by atoms with Gasteiger partial charge in [-0.3, -0.25) is 24.4 Å². The summed E-state index contributed by atoms with van der Waals surface area (Å²) < 4.78 is 0. The lowest BCUT2D eigenvalue weighted by atomic mass is 9.91. The Balaban J connectivity index is -0.0000000519. The molecule has 0 atom stereocenters. The minimum Gasteiger partial charge on any atom is -0.366 e. The first-order valence-electron chi connectivity index (χ1n) is 16.6. The SMILES string of the molecule is C.C.C.C.C.CN(C)C(=O)C(C)(C)C.CN(C)C(=O)CC(C)(C)C.CN(C)CC(=O)C(C)(C)C.CN=C(C)C(C)(C)C.CN=C(N(C)C)C(C)(C)C. The summed E-state index contributed by atoms with van der Waals surface area (Å²) in [7, 11) is 18.6. The number of rotatable bonds is 3. The first kappa shape index (κ1) is 74.8. The Kier molecular flexibility index (Phi) is 46.3. The number of hydrogen-bond donors (Lipinski definition) is 0. The monoisotopic (exact) mass is 751 g/mol. The van der Waals surface area contributed by atoms with Crippen molar-refractivity contribution in [2.24, 2.45) is 37.1 Å². The fourth-order valence-electron chi connectivity index (χ4n) is 3.35. The van der Waals surface area contributed by atoms with Crippen molar-refractivity contribution in [2.45, 2.75) is 154 Å². The molecule has 0 unspecified atom stereocenters. The summed E-state index contributed by atoms with van der Waals surface area (Å²) in [5, 5.41) is 0. The van der Waals surface area contributed by atoms with E-state index in [0.717, 1.165) is 5.84 Å². The van der Waals surface area contributed by atoms with Crippen LogP contribution in [0, 0.1) is 27.1 Å². The summed E-state index contributed by atoms with van der Waals surface area (Å²) >= 11 is 0. The van der Waals surface area contributed by atoms with Crippen LogP contribution in [0.1, 0.15) is 154 Å². The summed E-state index contributed by atoms with van der Waals surface area (Å²) in [6.07, 6.45) is 0.625. The Hall–Kier alpha value is -2.29.